The van der Waals surface area contributed by atoms with Gasteiger partial charge in [-0.15, -0.1) is 0 Å². The number of piperidine rings is 1. The van der Waals surface area contributed by atoms with E-state index in [1.165, 1.54) is 5.01 Å². The maximum atomic E-state index is 12.8. The van der Waals surface area contributed by atoms with Crippen LogP contribution in [0.25, 0.3) is 0 Å². The summed E-state index contributed by atoms with van der Waals surface area (Å²) < 4.78 is 38.3. The Labute approximate surface area is 121 Å². The number of halogens is 3. The molecule has 1 saturated heterocycles. The minimum absolute atomic E-state index is 0.0445. The highest BCUT2D eigenvalue weighted by molar-refractivity contribution is 5.89. The molecule has 2 atom stereocenters. The standard InChI is InChI=1S/C14H17F3N4/c15-14(16,17)9-21-13(7-10-3-1-2-5-19-10)11-8-18-6-4-12(11)20-21/h1-3,5,11,13,18H,4,6-9H2. The average molecular weight is 298 g/mol. The van der Waals surface area contributed by atoms with E-state index in [1.54, 1.807) is 12.3 Å². The summed E-state index contributed by atoms with van der Waals surface area (Å²) in [6, 6.07) is 5.23. The van der Waals surface area contributed by atoms with Crippen molar-refractivity contribution in [1.82, 2.24) is 15.3 Å². The molecular weight excluding hydrogens is 281 g/mol. The lowest BCUT2D eigenvalue weighted by Gasteiger charge is -2.30. The summed E-state index contributed by atoms with van der Waals surface area (Å²) >= 11 is 0. The molecule has 2 aliphatic rings. The number of fused-ring (bicyclic) bond motifs is 1. The molecule has 3 heterocycles. The smallest absolute Gasteiger partial charge is 0.316 e. The molecule has 1 aromatic heterocycles. The van der Waals surface area contributed by atoms with Gasteiger partial charge in [-0.25, -0.2) is 0 Å². The molecular formula is C14H17F3N4. The molecule has 1 aromatic rings. The SMILES string of the molecule is FC(F)(F)CN1N=C2CCNCC2C1Cc1ccccn1. The first-order chi connectivity index (χ1) is 10.0. The first kappa shape index (κ1) is 14.3. The third kappa shape index (κ3) is 3.34. The Bertz CT molecular complexity index is 515. The number of alkyl halides is 3. The number of hydrazone groups is 1. The van der Waals surface area contributed by atoms with Crippen LogP contribution >= 0.6 is 0 Å². The summed E-state index contributed by atoms with van der Waals surface area (Å²) in [7, 11) is 0. The van der Waals surface area contributed by atoms with Crippen molar-refractivity contribution in [3.05, 3.63) is 30.1 Å². The van der Waals surface area contributed by atoms with Crippen molar-refractivity contribution in [3.63, 3.8) is 0 Å². The maximum Gasteiger partial charge on any atom is 0.407 e. The predicted octanol–water partition coefficient (Wildman–Crippen LogP) is 1.84. The Morgan fingerprint density at radius 1 is 1.33 bits per heavy atom. The topological polar surface area (TPSA) is 40.5 Å². The molecule has 3 rings (SSSR count). The largest absolute Gasteiger partial charge is 0.407 e. The Morgan fingerprint density at radius 2 is 2.19 bits per heavy atom. The Balaban J connectivity index is 1.80. The van der Waals surface area contributed by atoms with Crippen molar-refractivity contribution in [2.75, 3.05) is 19.6 Å². The van der Waals surface area contributed by atoms with E-state index in [1.807, 2.05) is 12.1 Å². The fourth-order valence-corrected chi connectivity index (χ4v) is 3.02. The summed E-state index contributed by atoms with van der Waals surface area (Å²) in [6.07, 6.45) is -1.37. The normalized spacial score (nSPS) is 25.7. The number of aromatic nitrogens is 1. The molecule has 21 heavy (non-hydrogen) atoms. The Hall–Kier alpha value is -1.63. The van der Waals surface area contributed by atoms with Gasteiger partial charge in [0.2, 0.25) is 0 Å². The molecule has 0 aliphatic carbocycles. The number of nitrogens with one attached hydrogen (secondary N) is 1. The molecule has 1 N–H and O–H groups in total. The molecule has 0 amide bonds. The summed E-state index contributed by atoms with van der Waals surface area (Å²) in [5, 5.41) is 8.69. The van der Waals surface area contributed by atoms with E-state index in [0.29, 0.717) is 13.0 Å². The van der Waals surface area contributed by atoms with Crippen LogP contribution < -0.4 is 5.32 Å². The van der Waals surface area contributed by atoms with E-state index in [2.05, 4.69) is 15.4 Å². The van der Waals surface area contributed by atoms with Gasteiger partial charge in [0.25, 0.3) is 0 Å². The maximum absolute atomic E-state index is 12.8. The number of hydrogen-bond donors (Lipinski definition) is 1. The first-order valence-electron chi connectivity index (χ1n) is 7.04. The van der Waals surface area contributed by atoms with Crippen LogP contribution in [0.15, 0.2) is 29.5 Å². The van der Waals surface area contributed by atoms with Crippen molar-refractivity contribution in [2.45, 2.75) is 25.1 Å². The summed E-state index contributed by atoms with van der Waals surface area (Å²) in [5.74, 6) is 0.0445. The van der Waals surface area contributed by atoms with Crippen molar-refractivity contribution < 1.29 is 13.2 Å². The third-order valence-corrected chi connectivity index (χ3v) is 3.94. The van der Waals surface area contributed by atoms with Crippen LogP contribution in [-0.4, -0.2) is 47.6 Å². The van der Waals surface area contributed by atoms with E-state index in [9.17, 15) is 13.2 Å². The van der Waals surface area contributed by atoms with Gasteiger partial charge < -0.3 is 5.32 Å². The first-order valence-corrected chi connectivity index (χ1v) is 7.04. The molecule has 0 saturated carbocycles. The molecule has 0 bridgehead atoms. The molecule has 114 valence electrons. The van der Waals surface area contributed by atoms with E-state index in [0.717, 1.165) is 24.4 Å². The van der Waals surface area contributed by atoms with E-state index < -0.39 is 12.7 Å². The van der Waals surface area contributed by atoms with E-state index in [-0.39, 0.29) is 12.0 Å². The van der Waals surface area contributed by atoms with Crippen LogP contribution in [0.3, 0.4) is 0 Å². The molecule has 0 spiro atoms. The molecule has 1 fully saturated rings. The van der Waals surface area contributed by atoms with Gasteiger partial charge in [0.15, 0.2) is 0 Å². The fraction of sp³-hybridized carbons (Fsp3) is 0.571. The lowest BCUT2D eigenvalue weighted by Crippen LogP contribution is -2.46. The highest BCUT2D eigenvalue weighted by Crippen LogP contribution is 2.30. The highest BCUT2D eigenvalue weighted by atomic mass is 19.4. The predicted molar refractivity (Wildman–Crippen MR) is 72.9 cm³/mol. The molecule has 2 aliphatic heterocycles. The van der Waals surface area contributed by atoms with Crippen molar-refractivity contribution >= 4 is 5.71 Å². The van der Waals surface area contributed by atoms with Crippen LogP contribution in [0.5, 0.6) is 0 Å². The second kappa shape index (κ2) is 5.63. The number of hydrogen-bond acceptors (Lipinski definition) is 4. The van der Waals surface area contributed by atoms with Gasteiger partial charge in [0, 0.05) is 49.5 Å². The third-order valence-electron chi connectivity index (χ3n) is 3.94. The van der Waals surface area contributed by atoms with Crippen LogP contribution in [-0.2, 0) is 6.42 Å². The van der Waals surface area contributed by atoms with Crippen LogP contribution in [0.2, 0.25) is 0 Å². The van der Waals surface area contributed by atoms with Gasteiger partial charge in [-0.1, -0.05) is 6.07 Å². The number of nitrogens with zero attached hydrogens (tertiary/aromatic N) is 3. The molecule has 0 aromatic carbocycles. The van der Waals surface area contributed by atoms with Crippen molar-refractivity contribution in [3.8, 4) is 0 Å². The van der Waals surface area contributed by atoms with Crippen LogP contribution in [0.1, 0.15) is 12.1 Å². The summed E-state index contributed by atoms with van der Waals surface area (Å²) in [5.41, 5.74) is 1.69. The minimum atomic E-state index is -4.24. The number of pyridine rings is 1. The second-order valence-electron chi connectivity index (χ2n) is 5.46. The monoisotopic (exact) mass is 298 g/mol. The van der Waals surface area contributed by atoms with Crippen LogP contribution in [0, 0.1) is 5.92 Å². The second-order valence-corrected chi connectivity index (χ2v) is 5.46. The van der Waals surface area contributed by atoms with Gasteiger partial charge in [0.1, 0.15) is 6.54 Å². The summed E-state index contributed by atoms with van der Waals surface area (Å²) in [6.45, 7) is 0.473. The molecule has 2 unspecified atom stereocenters. The van der Waals surface area contributed by atoms with Crippen molar-refractivity contribution in [2.24, 2.45) is 11.0 Å². The zero-order chi connectivity index (χ0) is 14.9. The quantitative estimate of drug-likeness (QED) is 0.925. The Morgan fingerprint density at radius 3 is 2.90 bits per heavy atom. The van der Waals surface area contributed by atoms with Crippen molar-refractivity contribution in [1.29, 1.82) is 0 Å². The highest BCUT2D eigenvalue weighted by Gasteiger charge is 2.43. The summed E-state index contributed by atoms with van der Waals surface area (Å²) in [4.78, 5) is 4.23. The fourth-order valence-electron chi connectivity index (χ4n) is 3.02. The molecule has 4 nitrogen and oxygen atoms in total. The lowest BCUT2D eigenvalue weighted by molar-refractivity contribution is -0.150. The minimum Gasteiger partial charge on any atom is -0.316 e. The van der Waals surface area contributed by atoms with Gasteiger partial charge in [-0.2, -0.15) is 18.3 Å². The van der Waals surface area contributed by atoms with Gasteiger partial charge >= 0.3 is 6.18 Å². The lowest BCUT2D eigenvalue weighted by atomic mass is 9.88. The van der Waals surface area contributed by atoms with E-state index >= 15 is 0 Å². The van der Waals surface area contributed by atoms with E-state index in [4.69, 9.17) is 0 Å². The zero-order valence-corrected chi connectivity index (χ0v) is 11.5. The van der Waals surface area contributed by atoms with Gasteiger partial charge in [0.05, 0.1) is 6.04 Å². The van der Waals surface area contributed by atoms with Gasteiger partial charge in [-0.3, -0.25) is 9.99 Å². The molecule has 7 heteroatoms. The van der Waals surface area contributed by atoms with Crippen LogP contribution in [0.4, 0.5) is 13.2 Å². The Kier molecular flexibility index (Phi) is 3.84. The zero-order valence-electron chi connectivity index (χ0n) is 11.5. The van der Waals surface area contributed by atoms with Gasteiger partial charge in [-0.05, 0) is 12.1 Å². The number of rotatable bonds is 3. The molecule has 0 radical (unpaired) electrons. The average Bonchev–Trinajstić information content (AvgIpc) is 2.76.